The predicted octanol–water partition coefficient (Wildman–Crippen LogP) is 1.77. The number of carbonyl (C=O) groups is 2. The normalized spacial score (nSPS) is 17.9. The van der Waals surface area contributed by atoms with Crippen LogP contribution in [0, 0.1) is 0 Å². The minimum Gasteiger partial charge on any atom is -0.354 e. The molecule has 2 amide bonds. The van der Waals surface area contributed by atoms with Crippen molar-refractivity contribution < 1.29 is 9.59 Å². The third-order valence-electron chi connectivity index (χ3n) is 4.85. The number of hydrogen-bond acceptors (Lipinski definition) is 3. The van der Waals surface area contributed by atoms with Crippen LogP contribution >= 0.6 is 0 Å². The lowest BCUT2D eigenvalue weighted by Gasteiger charge is -2.19. The quantitative estimate of drug-likeness (QED) is 0.924. The molecule has 1 aliphatic carbocycles. The van der Waals surface area contributed by atoms with Gasteiger partial charge < -0.3 is 10.2 Å². The molecule has 130 valence electrons. The summed E-state index contributed by atoms with van der Waals surface area (Å²) in [6.45, 7) is 2.22. The van der Waals surface area contributed by atoms with E-state index in [2.05, 4.69) is 22.5 Å². The fourth-order valence-electron chi connectivity index (χ4n) is 3.37. The van der Waals surface area contributed by atoms with Crippen molar-refractivity contribution in [2.75, 3.05) is 19.6 Å². The molecule has 1 N–H and O–H groups in total. The van der Waals surface area contributed by atoms with Crippen molar-refractivity contribution in [2.45, 2.75) is 31.7 Å². The van der Waals surface area contributed by atoms with Crippen LogP contribution in [0.25, 0.3) is 0 Å². The van der Waals surface area contributed by atoms with Crippen LogP contribution in [-0.4, -0.2) is 46.1 Å². The summed E-state index contributed by atoms with van der Waals surface area (Å²) in [6.07, 6.45) is 4.29. The summed E-state index contributed by atoms with van der Waals surface area (Å²) in [5.74, 6) is 0.437. The maximum Gasteiger partial charge on any atom is 0.257 e. The van der Waals surface area contributed by atoms with Crippen molar-refractivity contribution in [2.24, 2.45) is 0 Å². The first-order valence-corrected chi connectivity index (χ1v) is 8.88. The molecule has 2 fully saturated rings. The van der Waals surface area contributed by atoms with E-state index in [0.717, 1.165) is 18.5 Å². The molecule has 0 bridgehead atoms. The second-order valence-electron chi connectivity index (χ2n) is 6.75. The van der Waals surface area contributed by atoms with Crippen molar-refractivity contribution in [3.63, 3.8) is 0 Å². The van der Waals surface area contributed by atoms with Gasteiger partial charge in [-0.25, -0.2) is 0 Å². The van der Waals surface area contributed by atoms with Gasteiger partial charge in [-0.05, 0) is 18.4 Å². The van der Waals surface area contributed by atoms with E-state index in [1.54, 1.807) is 11.1 Å². The van der Waals surface area contributed by atoms with Gasteiger partial charge in [-0.15, -0.1) is 0 Å². The maximum absolute atomic E-state index is 13.0. The number of hydrogen-bond donors (Lipinski definition) is 1. The van der Waals surface area contributed by atoms with Crippen LogP contribution in [0.2, 0.25) is 0 Å². The fraction of sp³-hybridized carbons (Fsp3) is 0.421. The monoisotopic (exact) mass is 338 g/mol. The lowest BCUT2D eigenvalue weighted by Crippen LogP contribution is -2.34. The zero-order valence-electron chi connectivity index (χ0n) is 14.1. The molecule has 0 unspecified atom stereocenters. The Bertz CT molecular complexity index is 780. The van der Waals surface area contributed by atoms with Gasteiger partial charge in [-0.3, -0.25) is 14.3 Å². The van der Waals surface area contributed by atoms with Gasteiger partial charge in [0.2, 0.25) is 5.91 Å². The van der Waals surface area contributed by atoms with Crippen LogP contribution in [0.1, 0.15) is 46.8 Å². The molecule has 0 spiro atoms. The lowest BCUT2D eigenvalue weighted by molar-refractivity contribution is -0.120. The first-order chi connectivity index (χ1) is 12.2. The highest BCUT2D eigenvalue weighted by molar-refractivity contribution is 5.96. The Morgan fingerprint density at radius 2 is 2.00 bits per heavy atom. The average Bonchev–Trinajstić information content (AvgIpc) is 3.41. The molecule has 0 atom stereocenters. The van der Waals surface area contributed by atoms with E-state index in [1.807, 2.05) is 22.9 Å². The minimum atomic E-state index is -0.00212. The van der Waals surface area contributed by atoms with Crippen molar-refractivity contribution in [1.29, 1.82) is 0 Å². The van der Waals surface area contributed by atoms with Gasteiger partial charge in [0, 0.05) is 32.0 Å². The topological polar surface area (TPSA) is 67.2 Å². The summed E-state index contributed by atoms with van der Waals surface area (Å²) >= 11 is 0. The summed E-state index contributed by atoms with van der Waals surface area (Å²) in [5.41, 5.74) is 2.93. The van der Waals surface area contributed by atoms with Crippen molar-refractivity contribution in [1.82, 2.24) is 20.0 Å². The number of aromatic nitrogens is 2. The lowest BCUT2D eigenvalue weighted by atomic mass is 10.1. The SMILES string of the molecule is O=C1CCN(C(=O)c2cnn(Cc3ccccc3)c2C2CC2)CCN1. The molecule has 2 heterocycles. The van der Waals surface area contributed by atoms with Gasteiger partial charge in [0.1, 0.15) is 0 Å². The predicted molar refractivity (Wildman–Crippen MR) is 93.3 cm³/mol. The number of nitrogens with one attached hydrogen (secondary N) is 1. The molecule has 0 radical (unpaired) electrons. The van der Waals surface area contributed by atoms with Crippen molar-refractivity contribution >= 4 is 11.8 Å². The summed E-state index contributed by atoms with van der Waals surface area (Å²) < 4.78 is 1.97. The number of carbonyl (C=O) groups excluding carboxylic acids is 2. The molecule has 6 nitrogen and oxygen atoms in total. The Morgan fingerprint density at radius 1 is 1.20 bits per heavy atom. The zero-order chi connectivity index (χ0) is 17.2. The van der Waals surface area contributed by atoms with Gasteiger partial charge in [-0.1, -0.05) is 30.3 Å². The Kier molecular flexibility index (Phi) is 4.26. The third kappa shape index (κ3) is 3.43. The fourth-order valence-corrected chi connectivity index (χ4v) is 3.37. The second kappa shape index (κ2) is 6.70. The summed E-state index contributed by atoms with van der Waals surface area (Å²) in [5, 5.41) is 7.33. The molecule has 1 aliphatic heterocycles. The highest BCUT2D eigenvalue weighted by Gasteiger charge is 2.34. The van der Waals surface area contributed by atoms with Gasteiger partial charge in [0.15, 0.2) is 0 Å². The van der Waals surface area contributed by atoms with Crippen LogP contribution in [-0.2, 0) is 11.3 Å². The van der Waals surface area contributed by atoms with Gasteiger partial charge in [0.25, 0.3) is 5.91 Å². The number of benzene rings is 1. The highest BCUT2D eigenvalue weighted by atomic mass is 16.2. The Morgan fingerprint density at radius 3 is 2.76 bits per heavy atom. The smallest absolute Gasteiger partial charge is 0.257 e. The van der Waals surface area contributed by atoms with Crippen LogP contribution in [0.3, 0.4) is 0 Å². The van der Waals surface area contributed by atoms with E-state index in [4.69, 9.17) is 0 Å². The average molecular weight is 338 g/mol. The first kappa shape index (κ1) is 15.9. The summed E-state index contributed by atoms with van der Waals surface area (Å²) in [6, 6.07) is 10.2. The van der Waals surface area contributed by atoms with Crippen LogP contribution in [0.4, 0.5) is 0 Å². The van der Waals surface area contributed by atoms with Gasteiger partial charge in [0.05, 0.1) is 24.0 Å². The standard InChI is InChI=1S/C19H22N4O2/c24-17-8-10-22(11-9-20-17)19(25)16-12-21-23(18(16)15-6-7-15)13-14-4-2-1-3-5-14/h1-5,12,15H,6-11,13H2,(H,20,24). The Labute approximate surface area is 146 Å². The molecular formula is C19H22N4O2. The van der Waals surface area contributed by atoms with Crippen molar-refractivity contribution in [3.05, 3.63) is 53.3 Å². The van der Waals surface area contributed by atoms with Crippen molar-refractivity contribution in [3.8, 4) is 0 Å². The van der Waals surface area contributed by atoms with E-state index in [1.165, 1.54) is 5.56 Å². The summed E-state index contributed by atoms with van der Waals surface area (Å²) in [4.78, 5) is 26.3. The van der Waals surface area contributed by atoms with Crippen LogP contribution < -0.4 is 5.32 Å². The maximum atomic E-state index is 13.0. The van der Waals surface area contributed by atoms with E-state index in [-0.39, 0.29) is 11.8 Å². The largest absolute Gasteiger partial charge is 0.354 e. The molecule has 1 aromatic heterocycles. The molecule has 4 rings (SSSR count). The number of nitrogens with zero attached hydrogens (tertiary/aromatic N) is 3. The van der Waals surface area contributed by atoms with E-state index >= 15 is 0 Å². The van der Waals surface area contributed by atoms with Gasteiger partial charge in [-0.2, -0.15) is 5.10 Å². The number of rotatable bonds is 4. The molecule has 25 heavy (non-hydrogen) atoms. The van der Waals surface area contributed by atoms with Gasteiger partial charge >= 0.3 is 0 Å². The second-order valence-corrected chi connectivity index (χ2v) is 6.75. The summed E-state index contributed by atoms with van der Waals surface area (Å²) in [7, 11) is 0. The molecule has 1 saturated carbocycles. The minimum absolute atomic E-state index is 0.00212. The molecule has 2 aliphatic rings. The van der Waals surface area contributed by atoms with Crippen LogP contribution in [0.15, 0.2) is 36.5 Å². The van der Waals surface area contributed by atoms with E-state index < -0.39 is 0 Å². The Balaban J connectivity index is 1.59. The van der Waals surface area contributed by atoms with Crippen LogP contribution in [0.5, 0.6) is 0 Å². The zero-order valence-corrected chi connectivity index (χ0v) is 14.1. The molecule has 6 heteroatoms. The highest BCUT2D eigenvalue weighted by Crippen LogP contribution is 2.42. The third-order valence-corrected chi connectivity index (χ3v) is 4.85. The molecule has 1 saturated heterocycles. The molecular weight excluding hydrogens is 316 g/mol. The number of amides is 2. The molecule has 1 aromatic carbocycles. The van der Waals surface area contributed by atoms with E-state index in [0.29, 0.717) is 44.1 Å². The first-order valence-electron chi connectivity index (χ1n) is 8.88. The molecule has 2 aromatic rings. The Hall–Kier alpha value is -2.63. The van der Waals surface area contributed by atoms with E-state index in [9.17, 15) is 9.59 Å².